The normalized spacial score (nSPS) is 20.3. The summed E-state index contributed by atoms with van der Waals surface area (Å²) in [5, 5.41) is 15.5. The van der Waals surface area contributed by atoms with Gasteiger partial charge in [-0.1, -0.05) is 29.8 Å². The summed E-state index contributed by atoms with van der Waals surface area (Å²) in [5.74, 6) is -0.879. The molecule has 0 fully saturated rings. The van der Waals surface area contributed by atoms with Gasteiger partial charge in [-0.2, -0.15) is 0 Å². The van der Waals surface area contributed by atoms with Crippen molar-refractivity contribution in [1.29, 1.82) is 0 Å². The molecule has 7 heteroatoms. The lowest BCUT2D eigenvalue weighted by Crippen LogP contribution is -2.51. The number of benzene rings is 2. The van der Waals surface area contributed by atoms with Gasteiger partial charge in [0.15, 0.2) is 6.10 Å². The first-order chi connectivity index (χ1) is 12.0. The topological polar surface area (TPSA) is 87.7 Å². The number of anilines is 1. The number of para-hydroxylation sites is 1. The van der Waals surface area contributed by atoms with Crippen molar-refractivity contribution in [3.63, 3.8) is 0 Å². The van der Waals surface area contributed by atoms with E-state index in [0.717, 1.165) is 5.56 Å². The molecule has 2 aromatic rings. The van der Waals surface area contributed by atoms with Crippen LogP contribution in [0.2, 0.25) is 5.02 Å². The van der Waals surface area contributed by atoms with E-state index in [9.17, 15) is 14.7 Å². The van der Waals surface area contributed by atoms with Gasteiger partial charge in [0.25, 0.3) is 5.91 Å². The Hall–Kier alpha value is -2.57. The van der Waals surface area contributed by atoms with Gasteiger partial charge in [0.2, 0.25) is 0 Å². The lowest BCUT2D eigenvalue weighted by Gasteiger charge is -2.34. The Kier molecular flexibility index (Phi) is 4.92. The van der Waals surface area contributed by atoms with Crippen LogP contribution in [0.5, 0.6) is 5.75 Å². The maximum Gasteiger partial charge on any atom is 0.320 e. The number of carbonyl (C=O) groups is 2. The molecular weight excluding hydrogens is 344 g/mol. The minimum atomic E-state index is -1.01. The number of hydrogen-bond donors (Lipinski definition) is 3. The van der Waals surface area contributed by atoms with Crippen molar-refractivity contribution >= 4 is 29.2 Å². The van der Waals surface area contributed by atoms with Crippen molar-refractivity contribution < 1.29 is 19.4 Å². The molecule has 3 atom stereocenters. The third-order valence-electron chi connectivity index (χ3n) is 3.99. The van der Waals surface area contributed by atoms with E-state index >= 15 is 0 Å². The van der Waals surface area contributed by atoms with Crippen LogP contribution < -0.4 is 15.4 Å². The molecule has 6 nitrogen and oxygen atoms in total. The molecule has 0 saturated heterocycles. The van der Waals surface area contributed by atoms with E-state index in [1.807, 2.05) is 12.1 Å². The van der Waals surface area contributed by atoms with Crippen LogP contribution in [0.15, 0.2) is 48.5 Å². The van der Waals surface area contributed by atoms with Crippen molar-refractivity contribution in [2.24, 2.45) is 0 Å². The fourth-order valence-corrected chi connectivity index (χ4v) is 2.83. The average Bonchev–Trinajstić information content (AvgIpc) is 2.59. The van der Waals surface area contributed by atoms with Crippen molar-refractivity contribution in [2.75, 3.05) is 5.32 Å². The van der Waals surface area contributed by atoms with E-state index in [1.54, 1.807) is 36.4 Å². The first kappa shape index (κ1) is 17.3. The van der Waals surface area contributed by atoms with Gasteiger partial charge in [0.1, 0.15) is 11.8 Å². The highest BCUT2D eigenvalue weighted by Gasteiger charge is 2.38. The molecule has 1 heterocycles. The lowest BCUT2D eigenvalue weighted by atomic mass is 9.94. The zero-order chi connectivity index (χ0) is 18.0. The zero-order valence-corrected chi connectivity index (χ0v) is 14.2. The molecule has 0 saturated carbocycles. The number of amides is 1. The second-order valence-corrected chi connectivity index (χ2v) is 6.21. The zero-order valence-electron chi connectivity index (χ0n) is 13.4. The molecule has 1 amide bonds. The predicted octanol–water partition coefficient (Wildman–Crippen LogP) is 2.84. The van der Waals surface area contributed by atoms with E-state index in [-0.39, 0.29) is 5.91 Å². The van der Waals surface area contributed by atoms with Gasteiger partial charge in [-0.05, 0) is 42.8 Å². The molecule has 0 aliphatic carbocycles. The maximum absolute atomic E-state index is 12.5. The molecule has 1 aliphatic rings. The van der Waals surface area contributed by atoms with Gasteiger partial charge in [-0.3, -0.25) is 14.9 Å². The molecule has 0 bridgehead atoms. The van der Waals surface area contributed by atoms with Crippen LogP contribution in [0.25, 0.3) is 0 Å². The van der Waals surface area contributed by atoms with Crippen LogP contribution >= 0.6 is 11.6 Å². The number of rotatable bonds is 5. The quantitative estimate of drug-likeness (QED) is 0.763. The molecule has 2 aromatic carbocycles. The number of carbonyl (C=O) groups excluding carboxylic acids is 1. The number of ether oxygens (including phenoxy) is 1. The van der Waals surface area contributed by atoms with E-state index in [2.05, 4.69) is 10.6 Å². The van der Waals surface area contributed by atoms with Crippen molar-refractivity contribution in [3.8, 4) is 5.75 Å². The van der Waals surface area contributed by atoms with Gasteiger partial charge in [-0.15, -0.1) is 0 Å². The second kappa shape index (κ2) is 7.13. The van der Waals surface area contributed by atoms with E-state index < -0.39 is 24.2 Å². The summed E-state index contributed by atoms with van der Waals surface area (Å²) in [4.78, 5) is 23.8. The second-order valence-electron chi connectivity index (χ2n) is 5.77. The Labute approximate surface area is 149 Å². The third kappa shape index (κ3) is 3.75. The highest BCUT2D eigenvalue weighted by atomic mass is 35.5. The van der Waals surface area contributed by atoms with Gasteiger partial charge in [0.05, 0.1) is 6.04 Å². The molecule has 0 radical (unpaired) electrons. The fraction of sp³-hybridized carbons (Fsp3) is 0.222. The van der Waals surface area contributed by atoms with Crippen LogP contribution in [-0.4, -0.2) is 29.1 Å². The number of carboxylic acid groups (broad SMARTS) is 1. The summed E-state index contributed by atoms with van der Waals surface area (Å²) in [6.45, 7) is 1.52. The van der Waals surface area contributed by atoms with E-state index in [1.165, 1.54) is 6.92 Å². The molecule has 3 rings (SSSR count). The number of nitrogens with one attached hydrogen (secondary N) is 2. The van der Waals surface area contributed by atoms with Crippen LogP contribution in [0.4, 0.5) is 5.69 Å². The van der Waals surface area contributed by atoms with Crippen LogP contribution in [-0.2, 0) is 9.59 Å². The molecular formula is C18H17ClN2O4. The molecule has 0 spiro atoms. The number of aliphatic carboxylic acids is 1. The Morgan fingerprint density at radius 1 is 1.24 bits per heavy atom. The van der Waals surface area contributed by atoms with Crippen LogP contribution in [0, 0.1) is 0 Å². The molecule has 25 heavy (non-hydrogen) atoms. The molecule has 3 unspecified atom stereocenters. The first-order valence-electron chi connectivity index (χ1n) is 7.76. The third-order valence-corrected chi connectivity index (χ3v) is 4.24. The Morgan fingerprint density at radius 2 is 1.92 bits per heavy atom. The predicted molar refractivity (Wildman–Crippen MR) is 93.9 cm³/mol. The van der Waals surface area contributed by atoms with E-state index in [0.29, 0.717) is 16.5 Å². The number of carboxylic acids is 1. The van der Waals surface area contributed by atoms with Gasteiger partial charge in [-0.25, -0.2) is 0 Å². The SMILES string of the molecule is CC(NC1c2ccccc2NC(=O)C1Oc1ccc(Cl)cc1)C(=O)O. The highest BCUT2D eigenvalue weighted by molar-refractivity contribution is 6.30. The average molecular weight is 361 g/mol. The largest absolute Gasteiger partial charge is 0.480 e. The van der Waals surface area contributed by atoms with Gasteiger partial charge >= 0.3 is 5.97 Å². The maximum atomic E-state index is 12.5. The van der Waals surface area contributed by atoms with Crippen LogP contribution in [0.3, 0.4) is 0 Å². The van der Waals surface area contributed by atoms with Gasteiger partial charge in [0, 0.05) is 10.7 Å². The van der Waals surface area contributed by atoms with Crippen molar-refractivity contribution in [2.45, 2.75) is 25.1 Å². The Bertz CT molecular complexity index is 794. The summed E-state index contributed by atoms with van der Waals surface area (Å²) in [5.41, 5.74) is 1.41. The van der Waals surface area contributed by atoms with E-state index in [4.69, 9.17) is 16.3 Å². The first-order valence-corrected chi connectivity index (χ1v) is 8.14. The van der Waals surface area contributed by atoms with Crippen molar-refractivity contribution in [3.05, 3.63) is 59.1 Å². The smallest absolute Gasteiger partial charge is 0.320 e. The van der Waals surface area contributed by atoms with Gasteiger partial charge < -0.3 is 15.2 Å². The molecule has 3 N–H and O–H groups in total. The van der Waals surface area contributed by atoms with Crippen molar-refractivity contribution in [1.82, 2.24) is 5.32 Å². The Balaban J connectivity index is 1.94. The lowest BCUT2D eigenvalue weighted by molar-refractivity contribution is -0.140. The highest BCUT2D eigenvalue weighted by Crippen LogP contribution is 2.33. The number of fused-ring (bicyclic) bond motifs is 1. The minimum Gasteiger partial charge on any atom is -0.480 e. The summed E-state index contributed by atoms with van der Waals surface area (Å²) < 4.78 is 5.85. The van der Waals surface area contributed by atoms with Crippen LogP contribution in [0.1, 0.15) is 18.5 Å². The summed E-state index contributed by atoms with van der Waals surface area (Å²) in [6, 6.07) is 12.4. The molecule has 1 aliphatic heterocycles. The minimum absolute atomic E-state index is 0.344. The molecule has 0 aromatic heterocycles. The number of halogens is 1. The Morgan fingerprint density at radius 3 is 2.60 bits per heavy atom. The molecule has 130 valence electrons. The fourth-order valence-electron chi connectivity index (χ4n) is 2.70. The monoisotopic (exact) mass is 360 g/mol. The number of hydrogen-bond acceptors (Lipinski definition) is 4. The summed E-state index contributed by atoms with van der Waals surface area (Å²) >= 11 is 5.87. The standard InChI is InChI=1S/C18H17ClN2O4/c1-10(18(23)24)20-15-13-4-2-3-5-14(13)21-17(22)16(15)25-12-8-6-11(19)7-9-12/h2-10,15-16,20H,1H3,(H,21,22)(H,23,24). The summed E-state index contributed by atoms with van der Waals surface area (Å²) in [7, 11) is 0. The summed E-state index contributed by atoms with van der Waals surface area (Å²) in [6.07, 6.45) is -0.919.